The van der Waals surface area contributed by atoms with Gasteiger partial charge in [-0.2, -0.15) is 4.98 Å². The molecule has 5 rings (SSSR count). The highest BCUT2D eigenvalue weighted by Gasteiger charge is 2.42. The number of anilines is 2. The summed E-state index contributed by atoms with van der Waals surface area (Å²) in [5.74, 6) is 2.02. The minimum atomic E-state index is 0.299. The van der Waals surface area contributed by atoms with Crippen molar-refractivity contribution in [2.75, 3.05) is 50.9 Å². The summed E-state index contributed by atoms with van der Waals surface area (Å²) < 4.78 is 8.01. The Morgan fingerprint density at radius 1 is 1.11 bits per heavy atom. The average molecular weight is 478 g/mol. The minimum Gasteiger partial charge on any atom is -0.496 e. The highest BCUT2D eigenvalue weighted by molar-refractivity contribution is 5.87. The van der Waals surface area contributed by atoms with Gasteiger partial charge >= 0.3 is 0 Å². The summed E-state index contributed by atoms with van der Waals surface area (Å²) in [5, 5.41) is 6.97. The lowest BCUT2D eigenvalue weighted by Crippen LogP contribution is -2.59. The second kappa shape index (κ2) is 10.4. The number of hydrogen-bond donors (Lipinski definition) is 3. The normalized spacial score (nSPS) is 17.5. The van der Waals surface area contributed by atoms with Crippen molar-refractivity contribution in [1.29, 1.82) is 0 Å². The summed E-state index contributed by atoms with van der Waals surface area (Å²) in [6.45, 7) is 9.50. The molecule has 4 N–H and O–H groups in total. The molecule has 3 aromatic rings. The summed E-state index contributed by atoms with van der Waals surface area (Å²) in [4.78, 5) is 11.5. The van der Waals surface area contributed by atoms with Crippen molar-refractivity contribution in [2.24, 2.45) is 5.41 Å². The van der Waals surface area contributed by atoms with E-state index in [0.717, 1.165) is 60.8 Å². The quantitative estimate of drug-likeness (QED) is 0.382. The number of methoxy groups -OCH3 is 1. The van der Waals surface area contributed by atoms with Crippen molar-refractivity contribution in [3.8, 4) is 5.75 Å². The molecule has 0 atom stereocenters. The van der Waals surface area contributed by atoms with Gasteiger partial charge in [-0.3, -0.25) is 4.90 Å². The molecule has 8 nitrogen and oxygen atoms in total. The summed E-state index contributed by atoms with van der Waals surface area (Å²) in [7, 11) is 1.76. The lowest BCUT2D eigenvalue weighted by atomic mass is 9.72. The fourth-order valence-corrected chi connectivity index (χ4v) is 5.71. The van der Waals surface area contributed by atoms with Crippen molar-refractivity contribution in [3.63, 3.8) is 0 Å². The maximum absolute atomic E-state index is 5.98. The molecule has 8 heteroatoms. The van der Waals surface area contributed by atoms with E-state index in [1.807, 2.05) is 6.07 Å². The molecule has 0 radical (unpaired) electrons. The third-order valence-electron chi connectivity index (χ3n) is 7.58. The van der Waals surface area contributed by atoms with E-state index in [4.69, 9.17) is 10.5 Å². The Hall–Kier alpha value is -2.84. The van der Waals surface area contributed by atoms with E-state index in [1.54, 1.807) is 7.11 Å². The van der Waals surface area contributed by atoms with Crippen LogP contribution in [0.3, 0.4) is 0 Å². The van der Waals surface area contributed by atoms with Crippen LogP contribution in [0.4, 0.5) is 11.8 Å². The molecule has 2 aliphatic rings. The predicted octanol–water partition coefficient (Wildman–Crippen LogP) is 3.86. The fraction of sp³-hybridized carbons (Fsp3) is 0.556. The number of piperidine rings is 1. The largest absolute Gasteiger partial charge is 0.496 e. The molecule has 0 bridgehead atoms. The van der Waals surface area contributed by atoms with Gasteiger partial charge in [0.1, 0.15) is 11.3 Å². The van der Waals surface area contributed by atoms with Crippen LogP contribution in [0.2, 0.25) is 0 Å². The lowest BCUT2D eigenvalue weighted by Gasteiger charge is -2.52. The van der Waals surface area contributed by atoms with Crippen LogP contribution in [0.15, 0.2) is 30.5 Å². The standard InChI is InChI=1S/C27H39N7O/c1-3-4-5-11-30-25-24-22(31-26(28)32-25)8-14-34(24)17-21-7-6-20(15-23(21)35-2)16-33-18-27(19-33)9-12-29-13-10-27/h6-8,14-15,29H,3-5,9-13,16-19H2,1-2H3,(H3,28,30,31,32). The minimum absolute atomic E-state index is 0.299. The molecule has 2 aliphatic heterocycles. The summed E-state index contributed by atoms with van der Waals surface area (Å²) in [6, 6.07) is 8.65. The van der Waals surface area contributed by atoms with Gasteiger partial charge in [-0.05, 0) is 55.5 Å². The first-order valence-corrected chi connectivity index (χ1v) is 13.0. The van der Waals surface area contributed by atoms with Crippen molar-refractivity contribution < 1.29 is 4.74 Å². The Bertz CT molecular complexity index is 1140. The lowest BCUT2D eigenvalue weighted by molar-refractivity contribution is -0.0282. The summed E-state index contributed by atoms with van der Waals surface area (Å²) in [6.07, 6.45) is 8.15. The molecule has 2 saturated heterocycles. The number of ether oxygens (including phenoxy) is 1. The number of unbranched alkanes of at least 4 members (excludes halogenated alkanes) is 2. The Labute approximate surface area is 208 Å². The molecule has 2 fully saturated rings. The first kappa shape index (κ1) is 23.9. The molecule has 0 aliphatic carbocycles. The highest BCUT2D eigenvalue weighted by Crippen LogP contribution is 2.39. The van der Waals surface area contributed by atoms with E-state index >= 15 is 0 Å². The first-order chi connectivity index (χ1) is 17.1. The number of nitrogens with zero attached hydrogens (tertiary/aromatic N) is 4. The van der Waals surface area contributed by atoms with Gasteiger partial charge < -0.3 is 25.7 Å². The van der Waals surface area contributed by atoms with Gasteiger partial charge in [0.05, 0.1) is 19.2 Å². The van der Waals surface area contributed by atoms with Crippen LogP contribution in [0.5, 0.6) is 5.75 Å². The van der Waals surface area contributed by atoms with Gasteiger partial charge in [0.2, 0.25) is 5.95 Å². The third kappa shape index (κ3) is 5.23. The Balaban J connectivity index is 1.30. The fourth-order valence-electron chi connectivity index (χ4n) is 5.71. The van der Waals surface area contributed by atoms with Gasteiger partial charge in [0.25, 0.3) is 0 Å². The Morgan fingerprint density at radius 2 is 1.94 bits per heavy atom. The molecule has 1 aromatic carbocycles. The molecule has 35 heavy (non-hydrogen) atoms. The molecule has 0 saturated carbocycles. The molecule has 4 heterocycles. The van der Waals surface area contributed by atoms with Crippen molar-refractivity contribution in [3.05, 3.63) is 41.6 Å². The molecule has 0 unspecified atom stereocenters. The van der Waals surface area contributed by atoms with Crippen LogP contribution in [0.25, 0.3) is 11.0 Å². The Morgan fingerprint density at radius 3 is 2.71 bits per heavy atom. The van der Waals surface area contributed by atoms with E-state index in [1.165, 1.54) is 44.3 Å². The second-order valence-corrected chi connectivity index (χ2v) is 10.3. The van der Waals surface area contributed by atoms with Gasteiger partial charge in [-0.25, -0.2) is 4.98 Å². The number of nitrogens with two attached hydrogens (primary N) is 1. The smallest absolute Gasteiger partial charge is 0.222 e. The maximum atomic E-state index is 5.98. The zero-order valence-electron chi connectivity index (χ0n) is 21.1. The number of aromatic nitrogens is 3. The summed E-state index contributed by atoms with van der Waals surface area (Å²) >= 11 is 0. The van der Waals surface area contributed by atoms with Crippen LogP contribution in [0.1, 0.15) is 50.2 Å². The Kier molecular flexibility index (Phi) is 7.11. The number of likely N-dealkylation sites (tertiary alicyclic amines) is 1. The molecular formula is C27H39N7O. The number of rotatable bonds is 10. The van der Waals surface area contributed by atoms with E-state index in [0.29, 0.717) is 17.9 Å². The van der Waals surface area contributed by atoms with Crippen LogP contribution in [-0.2, 0) is 13.1 Å². The monoisotopic (exact) mass is 477 g/mol. The molecular weight excluding hydrogens is 438 g/mol. The van der Waals surface area contributed by atoms with Crippen LogP contribution in [-0.4, -0.2) is 59.3 Å². The van der Waals surface area contributed by atoms with Crippen LogP contribution < -0.4 is 21.1 Å². The van der Waals surface area contributed by atoms with Gasteiger partial charge in [-0.15, -0.1) is 0 Å². The molecule has 1 spiro atoms. The van der Waals surface area contributed by atoms with Gasteiger partial charge in [0.15, 0.2) is 5.82 Å². The zero-order chi connectivity index (χ0) is 24.3. The maximum Gasteiger partial charge on any atom is 0.222 e. The van der Waals surface area contributed by atoms with Crippen molar-refractivity contribution >= 4 is 22.8 Å². The highest BCUT2D eigenvalue weighted by atomic mass is 16.5. The zero-order valence-corrected chi connectivity index (χ0v) is 21.1. The number of nitrogen functional groups attached to an aromatic ring is 1. The van der Waals surface area contributed by atoms with Gasteiger partial charge in [0, 0.05) is 37.9 Å². The summed E-state index contributed by atoms with van der Waals surface area (Å²) in [5.41, 5.74) is 10.8. The van der Waals surface area contributed by atoms with Crippen LogP contribution >= 0.6 is 0 Å². The first-order valence-electron chi connectivity index (χ1n) is 13.0. The number of fused-ring (bicyclic) bond motifs is 1. The predicted molar refractivity (Wildman–Crippen MR) is 142 cm³/mol. The molecule has 0 amide bonds. The van der Waals surface area contributed by atoms with Gasteiger partial charge in [-0.1, -0.05) is 31.9 Å². The van der Waals surface area contributed by atoms with E-state index in [-0.39, 0.29) is 0 Å². The second-order valence-electron chi connectivity index (χ2n) is 10.3. The number of benzene rings is 1. The van der Waals surface area contributed by atoms with Crippen molar-refractivity contribution in [1.82, 2.24) is 24.8 Å². The molecule has 188 valence electrons. The third-order valence-corrected chi connectivity index (χ3v) is 7.58. The number of nitrogens with one attached hydrogen (secondary N) is 2. The SMILES string of the molecule is CCCCCNc1nc(N)nc2ccn(Cc3ccc(CN4CC5(CCNCC5)C4)cc3OC)c12. The van der Waals surface area contributed by atoms with Crippen LogP contribution in [0, 0.1) is 5.41 Å². The topological polar surface area (TPSA) is 93.3 Å². The van der Waals surface area contributed by atoms with E-state index < -0.39 is 0 Å². The van der Waals surface area contributed by atoms with E-state index in [9.17, 15) is 0 Å². The van der Waals surface area contributed by atoms with E-state index in [2.05, 4.69) is 61.4 Å². The molecule has 2 aromatic heterocycles. The average Bonchev–Trinajstić information content (AvgIpc) is 3.24. The van der Waals surface area contributed by atoms with Crippen molar-refractivity contribution in [2.45, 2.75) is 52.1 Å². The number of hydrogen-bond acceptors (Lipinski definition) is 7.